The lowest BCUT2D eigenvalue weighted by atomic mass is 9.92. The zero-order chi connectivity index (χ0) is 24.4. The van der Waals surface area contributed by atoms with Gasteiger partial charge in [-0.3, -0.25) is 9.59 Å². The van der Waals surface area contributed by atoms with Gasteiger partial charge in [-0.15, -0.1) is 0 Å². The van der Waals surface area contributed by atoms with Crippen LogP contribution in [0.1, 0.15) is 95.0 Å². The highest BCUT2D eigenvalue weighted by atomic mass is 16.3. The van der Waals surface area contributed by atoms with Gasteiger partial charge in [0.05, 0.1) is 18.3 Å². The summed E-state index contributed by atoms with van der Waals surface area (Å²) >= 11 is 0. The summed E-state index contributed by atoms with van der Waals surface area (Å²) in [7, 11) is 0. The summed E-state index contributed by atoms with van der Waals surface area (Å²) in [6.07, 6.45) is 14.5. The van der Waals surface area contributed by atoms with Gasteiger partial charge in [-0.1, -0.05) is 38.5 Å². The summed E-state index contributed by atoms with van der Waals surface area (Å²) in [5.41, 5.74) is 1.30. The predicted octanol–water partition coefficient (Wildman–Crippen LogP) is 4.94. The number of piperidine rings is 1. The summed E-state index contributed by atoms with van der Waals surface area (Å²) in [6, 6.07) is 4.53. The Hall–Kier alpha value is -2.28. The highest BCUT2D eigenvalue weighted by Gasteiger charge is 2.48. The van der Waals surface area contributed by atoms with Crippen LogP contribution in [0.2, 0.25) is 0 Å². The molecule has 1 saturated heterocycles. The Bertz CT molecular complexity index is 1030. The normalized spacial score (nSPS) is 27.0. The molecule has 4 heterocycles. The van der Waals surface area contributed by atoms with Crippen molar-refractivity contribution in [2.45, 2.75) is 109 Å². The summed E-state index contributed by atoms with van der Waals surface area (Å²) in [5.74, 6) is -0.0802. The van der Waals surface area contributed by atoms with Crippen molar-refractivity contribution in [2.75, 3.05) is 19.6 Å². The second kappa shape index (κ2) is 10.4. The van der Waals surface area contributed by atoms with Crippen molar-refractivity contribution >= 4 is 22.9 Å². The molecular formula is C28H42N4O3. The number of carbonyl (C=O) groups is 2. The van der Waals surface area contributed by atoms with Crippen molar-refractivity contribution in [3.8, 4) is 0 Å². The monoisotopic (exact) mass is 482 g/mol. The van der Waals surface area contributed by atoms with Crippen LogP contribution < -0.4 is 5.32 Å². The van der Waals surface area contributed by atoms with Gasteiger partial charge in [0.25, 0.3) is 5.91 Å². The maximum absolute atomic E-state index is 13.9. The average Bonchev–Trinajstić information content (AvgIpc) is 3.41. The third-order valence-electron chi connectivity index (χ3n) is 8.75. The molecular weight excluding hydrogens is 440 g/mol. The molecule has 2 aliphatic heterocycles. The molecule has 5 rings (SSSR count). The average molecular weight is 483 g/mol. The number of rotatable bonds is 6. The molecule has 0 aromatic carbocycles. The molecule has 1 aliphatic carbocycles. The zero-order valence-electron chi connectivity index (χ0n) is 21.6. The molecule has 7 nitrogen and oxygen atoms in total. The van der Waals surface area contributed by atoms with E-state index in [1.165, 1.54) is 38.5 Å². The van der Waals surface area contributed by atoms with E-state index in [0.717, 1.165) is 50.7 Å². The van der Waals surface area contributed by atoms with Crippen LogP contribution in [0.25, 0.3) is 11.1 Å². The number of hydrogen-bond donors (Lipinski definition) is 1. The second-order valence-electron chi connectivity index (χ2n) is 11.3. The highest BCUT2D eigenvalue weighted by Crippen LogP contribution is 2.33. The molecule has 35 heavy (non-hydrogen) atoms. The largest absolute Gasteiger partial charge is 0.463 e. The molecule has 0 spiro atoms. The van der Waals surface area contributed by atoms with E-state index in [1.54, 1.807) is 6.26 Å². The molecule has 2 aromatic heterocycles. The van der Waals surface area contributed by atoms with Gasteiger partial charge in [0.2, 0.25) is 5.91 Å². The predicted molar refractivity (Wildman–Crippen MR) is 137 cm³/mol. The topological polar surface area (TPSA) is 70.7 Å². The Balaban J connectivity index is 1.37. The molecule has 0 unspecified atom stereocenters. The van der Waals surface area contributed by atoms with Gasteiger partial charge in [0.1, 0.15) is 11.2 Å². The molecule has 2 aromatic rings. The molecule has 2 amide bonds. The van der Waals surface area contributed by atoms with Crippen molar-refractivity contribution in [3.05, 3.63) is 24.1 Å². The minimum Gasteiger partial charge on any atom is -0.463 e. The fraction of sp³-hybridized carbons (Fsp3) is 0.714. The number of aromatic nitrogens is 1. The molecule has 7 heteroatoms. The van der Waals surface area contributed by atoms with E-state index in [9.17, 15) is 9.59 Å². The van der Waals surface area contributed by atoms with Crippen molar-refractivity contribution in [2.24, 2.45) is 0 Å². The van der Waals surface area contributed by atoms with Crippen molar-refractivity contribution in [1.29, 1.82) is 0 Å². The van der Waals surface area contributed by atoms with Crippen LogP contribution >= 0.6 is 0 Å². The van der Waals surface area contributed by atoms with Crippen LogP contribution in [0.3, 0.4) is 0 Å². The summed E-state index contributed by atoms with van der Waals surface area (Å²) in [5, 5.41) is 3.38. The number of hydrogen-bond acceptors (Lipinski definition) is 4. The van der Waals surface area contributed by atoms with Crippen LogP contribution in [-0.2, 0) is 11.3 Å². The first-order chi connectivity index (χ1) is 17.0. The van der Waals surface area contributed by atoms with Gasteiger partial charge >= 0.3 is 0 Å². The van der Waals surface area contributed by atoms with Gasteiger partial charge in [-0.2, -0.15) is 0 Å². The van der Waals surface area contributed by atoms with Gasteiger partial charge in [-0.25, -0.2) is 0 Å². The van der Waals surface area contributed by atoms with Crippen LogP contribution in [0, 0.1) is 0 Å². The Morgan fingerprint density at radius 1 is 1.09 bits per heavy atom. The SMILES string of the molecule is C[C@H]1CCCCN1CCCN1C(=O)c2cc3occc3n2C[C@@]1(C)C(=O)NC1CCCCCCC1. The van der Waals surface area contributed by atoms with E-state index < -0.39 is 5.54 Å². The van der Waals surface area contributed by atoms with Crippen molar-refractivity contribution < 1.29 is 14.0 Å². The first kappa shape index (κ1) is 24.4. The van der Waals surface area contributed by atoms with Crippen molar-refractivity contribution in [3.63, 3.8) is 0 Å². The maximum Gasteiger partial charge on any atom is 0.271 e. The summed E-state index contributed by atoms with van der Waals surface area (Å²) in [4.78, 5) is 32.1. The number of carbonyl (C=O) groups excluding carboxylic acids is 2. The van der Waals surface area contributed by atoms with E-state index in [2.05, 4.69) is 17.1 Å². The Morgan fingerprint density at radius 2 is 1.83 bits per heavy atom. The van der Waals surface area contributed by atoms with Gasteiger partial charge in [-0.05, 0) is 52.5 Å². The molecule has 1 N–H and O–H groups in total. The molecule has 2 atom stereocenters. The van der Waals surface area contributed by atoms with E-state index in [4.69, 9.17) is 4.42 Å². The molecule has 2 fully saturated rings. The first-order valence-electron chi connectivity index (χ1n) is 13.9. The molecule has 1 saturated carbocycles. The number of likely N-dealkylation sites (tertiary alicyclic amines) is 1. The van der Waals surface area contributed by atoms with Crippen LogP contribution in [0.4, 0.5) is 0 Å². The van der Waals surface area contributed by atoms with Gasteiger partial charge in [0.15, 0.2) is 5.58 Å². The molecule has 192 valence electrons. The Morgan fingerprint density at radius 3 is 2.60 bits per heavy atom. The fourth-order valence-corrected chi connectivity index (χ4v) is 6.49. The lowest BCUT2D eigenvalue weighted by Gasteiger charge is -2.45. The smallest absolute Gasteiger partial charge is 0.271 e. The van der Waals surface area contributed by atoms with E-state index >= 15 is 0 Å². The lowest BCUT2D eigenvalue weighted by Crippen LogP contribution is -2.65. The molecule has 3 aliphatic rings. The summed E-state index contributed by atoms with van der Waals surface area (Å²) < 4.78 is 7.59. The minimum atomic E-state index is -0.927. The highest BCUT2D eigenvalue weighted by molar-refractivity contribution is 6.02. The van der Waals surface area contributed by atoms with Crippen LogP contribution in [0.5, 0.6) is 0 Å². The first-order valence-corrected chi connectivity index (χ1v) is 13.9. The van der Waals surface area contributed by atoms with E-state index in [-0.39, 0.29) is 17.9 Å². The van der Waals surface area contributed by atoms with E-state index in [0.29, 0.717) is 30.4 Å². The Kier molecular flexibility index (Phi) is 7.24. The standard InChI is InChI=1S/C28H42N4O3/c1-21-11-8-9-15-30(21)16-10-17-32-26(33)24-19-25-23(14-18-35-25)31(24)20-28(32,2)27(34)29-22-12-6-4-3-5-7-13-22/h14,18-19,21-22H,3-13,15-17,20H2,1-2H3,(H,29,34)/t21-,28-/m0/s1. The number of nitrogens with zero attached hydrogens (tertiary/aromatic N) is 3. The second-order valence-corrected chi connectivity index (χ2v) is 11.3. The Labute approximate surface area is 209 Å². The number of fused-ring (bicyclic) bond motifs is 3. The number of amides is 2. The fourth-order valence-electron chi connectivity index (χ4n) is 6.49. The third kappa shape index (κ3) is 4.89. The van der Waals surface area contributed by atoms with Crippen LogP contribution in [-0.4, -0.2) is 63.4 Å². The summed E-state index contributed by atoms with van der Waals surface area (Å²) in [6.45, 7) is 7.41. The lowest BCUT2D eigenvalue weighted by molar-refractivity contribution is -0.133. The van der Waals surface area contributed by atoms with Gasteiger partial charge < -0.3 is 24.1 Å². The maximum atomic E-state index is 13.9. The zero-order valence-corrected chi connectivity index (χ0v) is 21.6. The molecule has 0 radical (unpaired) electrons. The molecule has 0 bridgehead atoms. The minimum absolute atomic E-state index is 0.0150. The van der Waals surface area contributed by atoms with Gasteiger partial charge in [0, 0.05) is 37.3 Å². The van der Waals surface area contributed by atoms with Crippen LogP contribution in [0.15, 0.2) is 22.8 Å². The van der Waals surface area contributed by atoms with E-state index in [1.807, 2.05) is 28.5 Å². The quantitative estimate of drug-likeness (QED) is 0.633. The number of furan rings is 1. The third-order valence-corrected chi connectivity index (χ3v) is 8.75. The number of nitrogens with one attached hydrogen (secondary N) is 1. The van der Waals surface area contributed by atoms with Crippen molar-refractivity contribution in [1.82, 2.24) is 19.7 Å².